The van der Waals surface area contributed by atoms with Crippen molar-refractivity contribution >= 4 is 12.2 Å². The second kappa shape index (κ2) is 6.60. The van der Waals surface area contributed by atoms with Crippen molar-refractivity contribution in [2.45, 2.75) is 26.7 Å². The smallest absolute Gasteiger partial charge is 0.409 e. The number of aryl methyl sites for hydroxylation is 2. The van der Waals surface area contributed by atoms with E-state index in [1.165, 1.54) is 23.8 Å². The first kappa shape index (κ1) is 14.6. The van der Waals surface area contributed by atoms with Crippen molar-refractivity contribution in [3.63, 3.8) is 0 Å². The van der Waals surface area contributed by atoms with E-state index in [0.717, 1.165) is 25.9 Å². The Bertz CT molecular complexity index is 479. The molecule has 20 heavy (non-hydrogen) atoms. The zero-order chi connectivity index (χ0) is 14.5. The number of ether oxygens (including phenoxy) is 1. The summed E-state index contributed by atoms with van der Waals surface area (Å²) in [5, 5.41) is 0. The van der Waals surface area contributed by atoms with Gasteiger partial charge in [0.15, 0.2) is 0 Å². The lowest BCUT2D eigenvalue weighted by Gasteiger charge is -2.29. The molecule has 2 rings (SSSR count). The number of methoxy groups -OCH3 is 1. The summed E-state index contributed by atoms with van der Waals surface area (Å²) in [6.07, 6.45) is 6.35. The first-order valence-corrected chi connectivity index (χ1v) is 7.19. The molecule has 1 heterocycles. The Balaban J connectivity index is 1.96. The van der Waals surface area contributed by atoms with Crippen LogP contribution in [0.1, 0.15) is 29.5 Å². The van der Waals surface area contributed by atoms with E-state index in [2.05, 4.69) is 44.2 Å². The number of piperidine rings is 1. The molecule has 0 atom stereocenters. The number of hydrogen-bond acceptors (Lipinski definition) is 2. The minimum atomic E-state index is -0.206. The topological polar surface area (TPSA) is 29.5 Å². The molecule has 1 amide bonds. The number of amides is 1. The van der Waals surface area contributed by atoms with Crippen LogP contribution in [-0.4, -0.2) is 31.2 Å². The highest BCUT2D eigenvalue weighted by atomic mass is 16.5. The summed E-state index contributed by atoms with van der Waals surface area (Å²) in [6, 6.07) is 6.38. The van der Waals surface area contributed by atoms with Gasteiger partial charge in [-0.3, -0.25) is 0 Å². The molecule has 0 bridgehead atoms. The lowest BCUT2D eigenvalue weighted by atomic mass is 9.94. The van der Waals surface area contributed by atoms with Crippen molar-refractivity contribution in [2.75, 3.05) is 20.2 Å². The molecule has 0 N–H and O–H groups in total. The first-order chi connectivity index (χ1) is 9.61. The van der Waals surface area contributed by atoms with Gasteiger partial charge in [0.1, 0.15) is 0 Å². The van der Waals surface area contributed by atoms with Gasteiger partial charge in [-0.1, -0.05) is 30.4 Å². The molecule has 1 fully saturated rings. The molecule has 1 saturated heterocycles. The van der Waals surface area contributed by atoms with E-state index in [1.807, 2.05) is 0 Å². The number of hydrogen-bond donors (Lipinski definition) is 0. The normalized spacial score (nSPS) is 16.6. The lowest BCUT2D eigenvalue weighted by molar-refractivity contribution is 0.110. The van der Waals surface area contributed by atoms with Crippen molar-refractivity contribution in [3.05, 3.63) is 41.0 Å². The highest BCUT2D eigenvalue weighted by Crippen LogP contribution is 2.22. The summed E-state index contributed by atoms with van der Waals surface area (Å²) in [7, 11) is 1.44. The summed E-state index contributed by atoms with van der Waals surface area (Å²) in [4.78, 5) is 13.2. The molecule has 0 saturated carbocycles. The number of allylic oxidation sites excluding steroid dienone is 1. The predicted octanol–water partition coefficient (Wildman–Crippen LogP) is 3.80. The molecule has 0 aliphatic carbocycles. The molecular formula is C17H23NO2. The fourth-order valence-electron chi connectivity index (χ4n) is 2.73. The van der Waals surface area contributed by atoms with Crippen LogP contribution < -0.4 is 0 Å². The van der Waals surface area contributed by atoms with E-state index in [4.69, 9.17) is 4.74 Å². The Hall–Kier alpha value is -1.77. The lowest BCUT2D eigenvalue weighted by Crippen LogP contribution is -2.37. The van der Waals surface area contributed by atoms with E-state index < -0.39 is 0 Å². The van der Waals surface area contributed by atoms with Crippen LogP contribution in [0.25, 0.3) is 6.08 Å². The van der Waals surface area contributed by atoms with Crippen molar-refractivity contribution in [3.8, 4) is 0 Å². The Labute approximate surface area is 121 Å². The van der Waals surface area contributed by atoms with E-state index in [1.54, 1.807) is 4.90 Å². The highest BCUT2D eigenvalue weighted by molar-refractivity contribution is 5.67. The largest absolute Gasteiger partial charge is 0.453 e. The van der Waals surface area contributed by atoms with Crippen molar-refractivity contribution in [2.24, 2.45) is 5.92 Å². The number of likely N-dealkylation sites (tertiary alicyclic amines) is 1. The minimum Gasteiger partial charge on any atom is -0.453 e. The van der Waals surface area contributed by atoms with Gasteiger partial charge in [-0.25, -0.2) is 4.79 Å². The van der Waals surface area contributed by atoms with Gasteiger partial charge in [0.25, 0.3) is 0 Å². The quantitative estimate of drug-likeness (QED) is 0.820. The number of nitrogens with zero attached hydrogens (tertiary/aromatic N) is 1. The van der Waals surface area contributed by atoms with Crippen LogP contribution in [0.2, 0.25) is 0 Å². The SMILES string of the molecule is COC(=O)N1CCC(/C=C/c2c(C)cccc2C)CC1. The van der Waals surface area contributed by atoms with Crippen molar-refractivity contribution in [1.29, 1.82) is 0 Å². The Morgan fingerprint density at radius 1 is 1.25 bits per heavy atom. The van der Waals surface area contributed by atoms with Gasteiger partial charge < -0.3 is 9.64 Å². The molecule has 3 heteroatoms. The van der Waals surface area contributed by atoms with Crippen LogP contribution in [0, 0.1) is 19.8 Å². The average molecular weight is 273 g/mol. The van der Waals surface area contributed by atoms with Gasteiger partial charge in [-0.05, 0) is 49.3 Å². The second-order valence-electron chi connectivity index (χ2n) is 5.46. The van der Waals surface area contributed by atoms with Gasteiger partial charge in [-0.2, -0.15) is 0 Å². The van der Waals surface area contributed by atoms with Gasteiger partial charge >= 0.3 is 6.09 Å². The summed E-state index contributed by atoms with van der Waals surface area (Å²) in [6.45, 7) is 5.86. The summed E-state index contributed by atoms with van der Waals surface area (Å²) in [5.74, 6) is 0.551. The standard InChI is InChI=1S/C17H23NO2/c1-13-5-4-6-14(2)16(13)8-7-15-9-11-18(12-10-15)17(19)20-3/h4-8,15H,9-12H2,1-3H3/b8-7+. The number of benzene rings is 1. The van der Waals surface area contributed by atoms with Gasteiger partial charge in [0, 0.05) is 13.1 Å². The third-order valence-electron chi connectivity index (χ3n) is 4.05. The minimum absolute atomic E-state index is 0.206. The second-order valence-corrected chi connectivity index (χ2v) is 5.46. The molecule has 0 radical (unpaired) electrons. The number of carbonyl (C=O) groups excluding carboxylic acids is 1. The van der Waals surface area contributed by atoms with Crippen LogP contribution in [0.4, 0.5) is 4.79 Å². The van der Waals surface area contributed by atoms with Crippen LogP contribution in [0.5, 0.6) is 0 Å². The maximum atomic E-state index is 11.4. The molecule has 1 aliphatic rings. The summed E-state index contributed by atoms with van der Waals surface area (Å²) < 4.78 is 4.75. The van der Waals surface area contributed by atoms with E-state index in [0.29, 0.717) is 5.92 Å². The zero-order valence-electron chi connectivity index (χ0n) is 12.6. The molecule has 1 aromatic carbocycles. The third-order valence-corrected chi connectivity index (χ3v) is 4.05. The first-order valence-electron chi connectivity index (χ1n) is 7.19. The summed E-state index contributed by atoms with van der Waals surface area (Å²) >= 11 is 0. The molecule has 3 nitrogen and oxygen atoms in total. The molecule has 0 aromatic heterocycles. The highest BCUT2D eigenvalue weighted by Gasteiger charge is 2.21. The van der Waals surface area contributed by atoms with Crippen molar-refractivity contribution in [1.82, 2.24) is 4.90 Å². The molecule has 0 spiro atoms. The van der Waals surface area contributed by atoms with E-state index in [-0.39, 0.29) is 6.09 Å². The van der Waals surface area contributed by atoms with Crippen LogP contribution in [0.15, 0.2) is 24.3 Å². The molecule has 0 unspecified atom stereocenters. The fourth-order valence-corrected chi connectivity index (χ4v) is 2.73. The maximum Gasteiger partial charge on any atom is 0.409 e. The van der Waals surface area contributed by atoms with Gasteiger partial charge in [0.2, 0.25) is 0 Å². The van der Waals surface area contributed by atoms with Crippen LogP contribution in [0.3, 0.4) is 0 Å². The molecule has 1 aromatic rings. The predicted molar refractivity (Wildman–Crippen MR) is 81.7 cm³/mol. The Morgan fingerprint density at radius 2 is 1.85 bits per heavy atom. The number of carbonyl (C=O) groups is 1. The molecular weight excluding hydrogens is 250 g/mol. The van der Waals surface area contributed by atoms with Crippen LogP contribution >= 0.6 is 0 Å². The van der Waals surface area contributed by atoms with Crippen LogP contribution in [-0.2, 0) is 4.74 Å². The van der Waals surface area contributed by atoms with E-state index >= 15 is 0 Å². The van der Waals surface area contributed by atoms with Gasteiger partial charge in [-0.15, -0.1) is 0 Å². The number of rotatable bonds is 2. The molecule has 108 valence electrons. The zero-order valence-corrected chi connectivity index (χ0v) is 12.6. The third kappa shape index (κ3) is 3.41. The fraction of sp³-hybridized carbons (Fsp3) is 0.471. The summed E-state index contributed by atoms with van der Waals surface area (Å²) in [5.41, 5.74) is 3.95. The van der Waals surface area contributed by atoms with E-state index in [9.17, 15) is 4.79 Å². The average Bonchev–Trinajstić information content (AvgIpc) is 2.46. The monoisotopic (exact) mass is 273 g/mol. The Morgan fingerprint density at radius 3 is 2.40 bits per heavy atom. The molecule has 1 aliphatic heterocycles. The van der Waals surface area contributed by atoms with Crippen molar-refractivity contribution < 1.29 is 9.53 Å². The Kier molecular flexibility index (Phi) is 4.83. The van der Waals surface area contributed by atoms with Gasteiger partial charge in [0.05, 0.1) is 7.11 Å². The maximum absolute atomic E-state index is 11.4.